The Bertz CT molecular complexity index is 801. The number of nitriles is 3. The molecule has 0 aromatic heterocycles. The third-order valence-electron chi connectivity index (χ3n) is 3.07. The SMILES string of the molecule is N#CCCCNS(=O)(=O)C(S(=O)(=O)NCCCC#N)S(=O)(=O)NCCCC#N. The smallest absolute Gasteiger partial charge is 0.213 e. The van der Waals surface area contributed by atoms with Crippen molar-refractivity contribution in [3.63, 3.8) is 0 Å². The normalized spacial score (nSPS) is 12.2. The second-order valence-electron chi connectivity index (χ2n) is 5.39. The van der Waals surface area contributed by atoms with Crippen LogP contribution >= 0.6 is 0 Å². The van der Waals surface area contributed by atoms with Crippen LogP contribution in [0.15, 0.2) is 0 Å². The number of unbranched alkanes of at least 4 members (excludes halogenated alkanes) is 3. The molecule has 0 heterocycles. The maximum atomic E-state index is 12.4. The van der Waals surface area contributed by atoms with Gasteiger partial charge in [0.15, 0.2) is 0 Å². The highest BCUT2D eigenvalue weighted by Gasteiger charge is 2.48. The summed E-state index contributed by atoms with van der Waals surface area (Å²) in [6.45, 7) is -0.957. The van der Waals surface area contributed by atoms with Gasteiger partial charge in [0, 0.05) is 38.9 Å². The van der Waals surface area contributed by atoms with Crippen molar-refractivity contribution >= 4 is 30.1 Å². The Labute approximate surface area is 165 Å². The first-order chi connectivity index (χ1) is 13.0. The maximum Gasteiger partial charge on any atom is 0.303 e. The van der Waals surface area contributed by atoms with Gasteiger partial charge in [-0.05, 0) is 19.3 Å². The fourth-order valence-corrected chi connectivity index (χ4v) is 8.77. The molecule has 0 saturated carbocycles. The number of nitrogens with one attached hydrogen (secondary N) is 3. The van der Waals surface area contributed by atoms with Gasteiger partial charge in [0.1, 0.15) is 0 Å². The molecule has 0 unspecified atom stereocenters. The molecule has 28 heavy (non-hydrogen) atoms. The van der Waals surface area contributed by atoms with Crippen LogP contribution in [0.3, 0.4) is 0 Å². The third-order valence-corrected chi connectivity index (χ3v) is 11.0. The van der Waals surface area contributed by atoms with E-state index in [2.05, 4.69) is 0 Å². The number of nitrogens with zero attached hydrogens (tertiary/aromatic N) is 3. The fourth-order valence-electron chi connectivity index (χ4n) is 1.85. The fraction of sp³-hybridized carbons (Fsp3) is 0.769. The van der Waals surface area contributed by atoms with E-state index < -0.39 is 34.0 Å². The summed E-state index contributed by atoms with van der Waals surface area (Å²) in [5.74, 6) is 0. The highest BCUT2D eigenvalue weighted by Crippen LogP contribution is 2.15. The quantitative estimate of drug-likeness (QED) is 0.257. The number of hydrogen-bond acceptors (Lipinski definition) is 9. The molecule has 15 heteroatoms. The lowest BCUT2D eigenvalue weighted by Gasteiger charge is -2.19. The minimum absolute atomic E-state index is 0.00843. The van der Waals surface area contributed by atoms with Gasteiger partial charge in [-0.1, -0.05) is 0 Å². The molecule has 12 nitrogen and oxygen atoms in total. The lowest BCUT2D eigenvalue weighted by molar-refractivity contribution is 0.554. The second kappa shape index (κ2) is 12.6. The first kappa shape index (κ1) is 26.2. The molecule has 0 fully saturated rings. The summed E-state index contributed by atoms with van der Waals surface area (Å²) in [6, 6.07) is 5.32. The van der Waals surface area contributed by atoms with Gasteiger partial charge in [-0.3, -0.25) is 0 Å². The summed E-state index contributed by atoms with van der Waals surface area (Å²) in [6.07, 6.45) is 0.164. The van der Waals surface area contributed by atoms with Crippen LogP contribution in [0, 0.1) is 34.0 Å². The van der Waals surface area contributed by atoms with Gasteiger partial charge in [0.2, 0.25) is 30.1 Å². The average molecular weight is 455 g/mol. The molecule has 0 bridgehead atoms. The number of hydrogen-bond donors (Lipinski definition) is 3. The van der Waals surface area contributed by atoms with E-state index in [-0.39, 0.29) is 58.2 Å². The van der Waals surface area contributed by atoms with E-state index in [9.17, 15) is 25.3 Å². The molecule has 0 aliphatic heterocycles. The van der Waals surface area contributed by atoms with Gasteiger partial charge >= 0.3 is 3.91 Å². The predicted octanol–water partition coefficient (Wildman–Crippen LogP) is -1.06. The Kier molecular flexibility index (Phi) is 11.8. The van der Waals surface area contributed by atoms with Crippen LogP contribution in [-0.4, -0.2) is 48.8 Å². The monoisotopic (exact) mass is 454 g/mol. The Hall–Kier alpha value is -1.80. The number of rotatable bonds is 15. The van der Waals surface area contributed by atoms with Crippen molar-refractivity contribution in [2.24, 2.45) is 0 Å². The Morgan fingerprint density at radius 1 is 0.571 bits per heavy atom. The van der Waals surface area contributed by atoms with Crippen molar-refractivity contribution in [1.29, 1.82) is 15.8 Å². The summed E-state index contributed by atoms with van der Waals surface area (Å²) in [5.41, 5.74) is 0. The van der Waals surface area contributed by atoms with Gasteiger partial charge in [0.25, 0.3) is 0 Å². The van der Waals surface area contributed by atoms with Gasteiger partial charge in [-0.2, -0.15) is 15.8 Å². The van der Waals surface area contributed by atoms with Crippen molar-refractivity contribution in [1.82, 2.24) is 14.2 Å². The summed E-state index contributed by atoms with van der Waals surface area (Å²) < 4.78 is 77.4. The molecule has 0 aliphatic carbocycles. The van der Waals surface area contributed by atoms with Crippen molar-refractivity contribution < 1.29 is 25.3 Å². The zero-order valence-corrected chi connectivity index (χ0v) is 17.4. The van der Waals surface area contributed by atoms with E-state index >= 15 is 0 Å². The van der Waals surface area contributed by atoms with E-state index in [0.717, 1.165) is 0 Å². The van der Waals surface area contributed by atoms with Gasteiger partial charge in [-0.25, -0.2) is 39.4 Å². The molecule has 0 aliphatic rings. The van der Waals surface area contributed by atoms with Gasteiger partial charge < -0.3 is 0 Å². The molecule has 0 amide bonds. The van der Waals surface area contributed by atoms with Crippen molar-refractivity contribution in [3.05, 3.63) is 0 Å². The zero-order valence-electron chi connectivity index (χ0n) is 15.0. The van der Waals surface area contributed by atoms with E-state index in [1.165, 1.54) is 0 Å². The molecule has 3 N–H and O–H groups in total. The van der Waals surface area contributed by atoms with Crippen LogP contribution in [0.25, 0.3) is 0 Å². The molecule has 0 radical (unpaired) electrons. The maximum absolute atomic E-state index is 12.4. The van der Waals surface area contributed by atoms with Crippen molar-refractivity contribution in [2.75, 3.05) is 19.6 Å². The van der Waals surface area contributed by atoms with Crippen LogP contribution < -0.4 is 14.2 Å². The van der Waals surface area contributed by atoms with Gasteiger partial charge in [0.05, 0.1) is 18.2 Å². The molecular formula is C13H22N6O6S3. The minimum Gasteiger partial charge on any atom is -0.213 e. The Morgan fingerprint density at radius 2 is 0.821 bits per heavy atom. The van der Waals surface area contributed by atoms with E-state index in [4.69, 9.17) is 15.8 Å². The molecule has 0 aromatic carbocycles. The summed E-state index contributed by atoms with van der Waals surface area (Å²) in [4.78, 5) is 0. The van der Waals surface area contributed by atoms with E-state index in [1.807, 2.05) is 14.2 Å². The predicted molar refractivity (Wildman–Crippen MR) is 99.1 cm³/mol. The topological polar surface area (TPSA) is 210 Å². The molecule has 0 spiro atoms. The van der Waals surface area contributed by atoms with Gasteiger partial charge in [-0.15, -0.1) is 0 Å². The van der Waals surface area contributed by atoms with Crippen LogP contribution in [0.4, 0.5) is 0 Å². The molecule has 0 rings (SSSR count). The lowest BCUT2D eigenvalue weighted by Crippen LogP contribution is -2.53. The van der Waals surface area contributed by atoms with Crippen LogP contribution in [0.1, 0.15) is 38.5 Å². The van der Waals surface area contributed by atoms with E-state index in [0.29, 0.717) is 0 Å². The van der Waals surface area contributed by atoms with Crippen molar-refractivity contribution in [2.45, 2.75) is 42.4 Å². The average Bonchev–Trinajstić information content (AvgIpc) is 2.58. The minimum atomic E-state index is -4.89. The molecule has 0 saturated heterocycles. The Morgan fingerprint density at radius 3 is 1.04 bits per heavy atom. The van der Waals surface area contributed by atoms with Crippen molar-refractivity contribution in [3.8, 4) is 18.2 Å². The molecule has 0 aromatic rings. The van der Waals surface area contributed by atoms with Crippen LogP contribution in [-0.2, 0) is 30.1 Å². The standard InChI is InChI=1S/C13H22N6O6S3/c14-7-1-4-10-17-26(20,21)13(27(22,23)18-11-5-2-8-15)28(24,25)19-12-6-3-9-16/h13,17-19H,1-6,10-12H2. The second-order valence-corrected chi connectivity index (χ2v) is 11.8. The summed E-state index contributed by atoms with van der Waals surface area (Å²) >= 11 is 0. The number of sulfonamides is 3. The zero-order chi connectivity index (χ0) is 21.7. The highest BCUT2D eigenvalue weighted by atomic mass is 32.3. The first-order valence-electron chi connectivity index (χ1n) is 8.11. The molecule has 158 valence electrons. The largest absolute Gasteiger partial charge is 0.303 e. The Balaban J connectivity index is 5.62. The molecular weight excluding hydrogens is 432 g/mol. The first-order valence-corrected chi connectivity index (χ1v) is 12.8. The lowest BCUT2D eigenvalue weighted by atomic mass is 10.3. The van der Waals surface area contributed by atoms with Crippen LogP contribution in [0.2, 0.25) is 0 Å². The molecule has 0 atom stereocenters. The summed E-state index contributed by atoms with van der Waals surface area (Å²) in [5, 5.41) is 25.4. The third kappa shape index (κ3) is 9.41. The van der Waals surface area contributed by atoms with E-state index in [1.54, 1.807) is 18.2 Å². The highest BCUT2D eigenvalue weighted by molar-refractivity contribution is 8.22. The van der Waals surface area contributed by atoms with Crippen LogP contribution in [0.5, 0.6) is 0 Å². The summed E-state index contributed by atoms with van der Waals surface area (Å²) in [7, 11) is -14.7.